The molecule has 0 fully saturated rings. The molecule has 1 N–H and O–H groups in total. The zero-order valence-corrected chi connectivity index (χ0v) is 15.8. The van der Waals surface area contributed by atoms with E-state index in [1.165, 1.54) is 16.1 Å². The van der Waals surface area contributed by atoms with Crippen LogP contribution < -0.4 is 10.2 Å². The molecule has 0 amide bonds. The molecule has 0 saturated heterocycles. The second kappa shape index (κ2) is 7.07. The van der Waals surface area contributed by atoms with Gasteiger partial charge in [-0.25, -0.2) is 0 Å². The van der Waals surface area contributed by atoms with E-state index in [4.69, 9.17) is 0 Å². The first kappa shape index (κ1) is 16.0. The number of hydrogen-bond donors (Lipinski definition) is 1. The van der Waals surface area contributed by atoms with Crippen molar-refractivity contribution in [3.63, 3.8) is 0 Å². The third-order valence-corrected chi connectivity index (χ3v) is 5.49. The van der Waals surface area contributed by atoms with Crippen LogP contribution in [-0.2, 0) is 6.54 Å². The van der Waals surface area contributed by atoms with Crippen LogP contribution in [-0.4, -0.2) is 14.1 Å². The molecule has 0 radical (unpaired) electrons. The molecule has 20 heavy (non-hydrogen) atoms. The van der Waals surface area contributed by atoms with Crippen LogP contribution >= 0.6 is 43.2 Å². The lowest BCUT2D eigenvalue weighted by atomic mass is 10.1. The predicted molar refractivity (Wildman–Crippen MR) is 95.7 cm³/mol. The quantitative estimate of drug-likeness (QED) is 0.719. The first-order valence-corrected chi connectivity index (χ1v) is 8.88. The smallest absolute Gasteiger partial charge is 0.0520 e. The van der Waals surface area contributed by atoms with Gasteiger partial charge < -0.3 is 10.2 Å². The van der Waals surface area contributed by atoms with Gasteiger partial charge in [-0.2, -0.15) is 0 Å². The molecule has 0 aliphatic rings. The maximum Gasteiger partial charge on any atom is 0.0520 e. The highest BCUT2D eigenvalue weighted by Gasteiger charge is 2.13. The Morgan fingerprint density at radius 3 is 2.60 bits per heavy atom. The van der Waals surface area contributed by atoms with Crippen molar-refractivity contribution in [2.24, 2.45) is 0 Å². The molecule has 1 aromatic heterocycles. The zero-order chi connectivity index (χ0) is 14.7. The minimum Gasteiger partial charge on any atom is -0.369 e. The molecule has 0 aliphatic carbocycles. The monoisotopic (exact) mass is 416 g/mol. The van der Waals surface area contributed by atoms with Gasteiger partial charge in [0.15, 0.2) is 0 Å². The van der Waals surface area contributed by atoms with Gasteiger partial charge in [-0.05, 0) is 59.7 Å². The van der Waals surface area contributed by atoms with Crippen molar-refractivity contribution in [2.75, 3.05) is 19.0 Å². The topological polar surface area (TPSA) is 15.3 Å². The van der Waals surface area contributed by atoms with Gasteiger partial charge in [-0.15, -0.1) is 11.3 Å². The van der Waals surface area contributed by atoms with E-state index in [1.807, 2.05) is 7.05 Å². The summed E-state index contributed by atoms with van der Waals surface area (Å²) in [5.41, 5.74) is 2.57. The first-order valence-electron chi connectivity index (χ1n) is 6.42. The molecule has 0 bridgehead atoms. The SMILES string of the molecule is CNC(C)c1cc(Br)ccc1N(C)Cc1cc(Br)cs1. The molecule has 1 aromatic carbocycles. The van der Waals surface area contributed by atoms with Crippen LogP contribution in [0, 0.1) is 0 Å². The summed E-state index contributed by atoms with van der Waals surface area (Å²) in [5.74, 6) is 0. The van der Waals surface area contributed by atoms with E-state index in [0.29, 0.717) is 6.04 Å². The van der Waals surface area contributed by atoms with Crippen LogP contribution in [0.15, 0.2) is 38.6 Å². The van der Waals surface area contributed by atoms with Crippen molar-refractivity contribution < 1.29 is 0 Å². The Kier molecular flexibility index (Phi) is 5.66. The molecule has 2 rings (SSSR count). The summed E-state index contributed by atoms with van der Waals surface area (Å²) in [6.07, 6.45) is 0. The van der Waals surface area contributed by atoms with E-state index in [2.05, 4.69) is 85.7 Å². The number of nitrogens with zero attached hydrogens (tertiary/aromatic N) is 1. The summed E-state index contributed by atoms with van der Waals surface area (Å²) >= 11 is 8.86. The molecule has 0 aliphatic heterocycles. The van der Waals surface area contributed by atoms with Gasteiger partial charge in [-0.3, -0.25) is 0 Å². The molecule has 2 aromatic rings. The number of nitrogens with one attached hydrogen (secondary N) is 1. The Bertz CT molecular complexity index is 583. The highest BCUT2D eigenvalue weighted by Crippen LogP contribution is 2.30. The lowest BCUT2D eigenvalue weighted by Gasteiger charge is -2.25. The zero-order valence-electron chi connectivity index (χ0n) is 11.8. The van der Waals surface area contributed by atoms with E-state index in [0.717, 1.165) is 15.5 Å². The number of hydrogen-bond acceptors (Lipinski definition) is 3. The lowest BCUT2D eigenvalue weighted by Crippen LogP contribution is -2.21. The fourth-order valence-corrected chi connectivity index (χ4v) is 4.01. The highest BCUT2D eigenvalue weighted by molar-refractivity contribution is 9.10. The van der Waals surface area contributed by atoms with E-state index < -0.39 is 0 Å². The number of benzene rings is 1. The maximum atomic E-state index is 3.56. The van der Waals surface area contributed by atoms with Crippen LogP contribution in [0.25, 0.3) is 0 Å². The second-order valence-electron chi connectivity index (χ2n) is 4.80. The predicted octanol–water partition coefficient (Wildman–Crippen LogP) is 5.19. The Morgan fingerprint density at radius 2 is 2.00 bits per heavy atom. The molecular weight excluding hydrogens is 400 g/mol. The summed E-state index contributed by atoms with van der Waals surface area (Å²) in [6.45, 7) is 3.10. The van der Waals surface area contributed by atoms with Gasteiger partial charge in [-0.1, -0.05) is 15.9 Å². The normalized spacial score (nSPS) is 12.4. The Balaban J connectivity index is 2.26. The van der Waals surface area contributed by atoms with Gasteiger partial charge in [0, 0.05) is 38.0 Å². The van der Waals surface area contributed by atoms with E-state index in [-0.39, 0.29) is 0 Å². The lowest BCUT2D eigenvalue weighted by molar-refractivity contribution is 0.649. The van der Waals surface area contributed by atoms with Crippen LogP contribution in [0.2, 0.25) is 0 Å². The average molecular weight is 418 g/mol. The van der Waals surface area contributed by atoms with Crippen molar-refractivity contribution >= 4 is 48.9 Å². The highest BCUT2D eigenvalue weighted by atomic mass is 79.9. The van der Waals surface area contributed by atoms with E-state index >= 15 is 0 Å². The Morgan fingerprint density at radius 1 is 1.25 bits per heavy atom. The summed E-state index contributed by atoms with van der Waals surface area (Å²) < 4.78 is 2.27. The molecule has 1 unspecified atom stereocenters. The maximum absolute atomic E-state index is 3.56. The molecule has 0 saturated carbocycles. The van der Waals surface area contributed by atoms with Gasteiger partial charge in [0.25, 0.3) is 0 Å². The summed E-state index contributed by atoms with van der Waals surface area (Å²) in [4.78, 5) is 3.65. The summed E-state index contributed by atoms with van der Waals surface area (Å²) in [5, 5.41) is 5.45. The molecule has 0 spiro atoms. The number of thiophene rings is 1. The number of halogens is 2. The standard InChI is InChI=1S/C15H18Br2N2S/c1-10(18-2)14-7-11(16)4-5-15(14)19(3)8-13-6-12(17)9-20-13/h4-7,9-10,18H,8H2,1-3H3. The van der Waals surface area contributed by atoms with Gasteiger partial charge in [0.05, 0.1) is 6.54 Å². The van der Waals surface area contributed by atoms with Crippen molar-refractivity contribution in [3.05, 3.63) is 49.0 Å². The fraction of sp³-hybridized carbons (Fsp3) is 0.333. The van der Waals surface area contributed by atoms with Crippen LogP contribution in [0.1, 0.15) is 23.4 Å². The molecule has 5 heteroatoms. The van der Waals surface area contributed by atoms with Gasteiger partial charge in [0.2, 0.25) is 0 Å². The van der Waals surface area contributed by atoms with Crippen molar-refractivity contribution in [3.8, 4) is 0 Å². The van der Waals surface area contributed by atoms with Crippen molar-refractivity contribution in [2.45, 2.75) is 19.5 Å². The average Bonchev–Trinajstić information content (AvgIpc) is 2.82. The van der Waals surface area contributed by atoms with Crippen molar-refractivity contribution in [1.29, 1.82) is 0 Å². The number of anilines is 1. The molecule has 1 heterocycles. The fourth-order valence-electron chi connectivity index (χ4n) is 2.13. The number of rotatable bonds is 5. The van der Waals surface area contributed by atoms with Gasteiger partial charge in [0.1, 0.15) is 0 Å². The third kappa shape index (κ3) is 3.85. The minimum atomic E-state index is 0.319. The summed E-state index contributed by atoms with van der Waals surface area (Å²) in [6, 6.07) is 8.97. The molecule has 1 atom stereocenters. The summed E-state index contributed by atoms with van der Waals surface area (Å²) in [7, 11) is 4.13. The Hall–Kier alpha value is -0.360. The molecule has 2 nitrogen and oxygen atoms in total. The van der Waals surface area contributed by atoms with Crippen LogP contribution in [0.3, 0.4) is 0 Å². The third-order valence-electron chi connectivity index (χ3n) is 3.32. The first-order chi connectivity index (χ1) is 9.51. The van der Waals surface area contributed by atoms with E-state index in [9.17, 15) is 0 Å². The van der Waals surface area contributed by atoms with Crippen molar-refractivity contribution in [1.82, 2.24) is 5.32 Å². The Labute approximate surface area is 141 Å². The minimum absolute atomic E-state index is 0.319. The largest absolute Gasteiger partial charge is 0.369 e. The molecule has 108 valence electrons. The molecular formula is C15H18Br2N2S. The second-order valence-corrected chi connectivity index (χ2v) is 7.63. The van der Waals surface area contributed by atoms with Crippen LogP contribution in [0.5, 0.6) is 0 Å². The van der Waals surface area contributed by atoms with Crippen LogP contribution in [0.4, 0.5) is 5.69 Å². The van der Waals surface area contributed by atoms with E-state index in [1.54, 1.807) is 11.3 Å². The van der Waals surface area contributed by atoms with Gasteiger partial charge >= 0.3 is 0 Å².